The van der Waals surface area contributed by atoms with Gasteiger partial charge in [-0.15, -0.1) is 0 Å². The Bertz CT molecular complexity index is 730. The molecule has 0 aromatic heterocycles. The minimum absolute atomic E-state index is 0.101. The molecule has 0 radical (unpaired) electrons. The summed E-state index contributed by atoms with van der Waals surface area (Å²) in [5.74, 6) is 0.351. The van der Waals surface area contributed by atoms with E-state index in [1.165, 1.54) is 0 Å². The number of hydrogen-bond donors (Lipinski definition) is 5. The van der Waals surface area contributed by atoms with Crippen molar-refractivity contribution in [3.63, 3.8) is 0 Å². The molecule has 5 N–H and O–H groups in total. The molecule has 13 atom stereocenters. The Morgan fingerprint density at radius 1 is 0.882 bits per heavy atom. The van der Waals surface area contributed by atoms with Gasteiger partial charge in [-0.1, -0.05) is 34.6 Å². The van der Waals surface area contributed by atoms with E-state index < -0.39 is 41.3 Å². The first-order valence-electron chi connectivity index (χ1n) is 13.8. The molecule has 0 heterocycles. The van der Waals surface area contributed by atoms with Crippen molar-refractivity contribution in [3.05, 3.63) is 0 Å². The van der Waals surface area contributed by atoms with Gasteiger partial charge in [0.1, 0.15) is 0 Å². The Kier molecular flexibility index (Phi) is 7.30. The summed E-state index contributed by atoms with van der Waals surface area (Å²) >= 11 is 0. The van der Waals surface area contributed by atoms with Crippen LogP contribution in [0.15, 0.2) is 0 Å². The molecule has 0 amide bonds. The molecule has 4 aliphatic rings. The smallest absolute Gasteiger partial charge is 0.0857 e. The van der Waals surface area contributed by atoms with Gasteiger partial charge < -0.3 is 30.3 Å². The van der Waals surface area contributed by atoms with Crippen molar-refractivity contribution in [1.29, 1.82) is 0 Å². The maximum atomic E-state index is 12.4. The lowest BCUT2D eigenvalue weighted by Gasteiger charge is -2.66. The van der Waals surface area contributed by atoms with E-state index in [0.29, 0.717) is 37.0 Å². The van der Waals surface area contributed by atoms with Crippen LogP contribution < -0.4 is 0 Å². The summed E-state index contributed by atoms with van der Waals surface area (Å²) in [6, 6.07) is 0. The predicted octanol–water partition coefficient (Wildman–Crippen LogP) is 3.12. The van der Waals surface area contributed by atoms with Crippen molar-refractivity contribution in [1.82, 2.24) is 0 Å². The van der Waals surface area contributed by atoms with E-state index >= 15 is 0 Å². The van der Waals surface area contributed by atoms with Crippen LogP contribution in [0.3, 0.4) is 0 Å². The van der Waals surface area contributed by atoms with Gasteiger partial charge in [0.25, 0.3) is 0 Å². The molecule has 4 rings (SSSR count). The van der Waals surface area contributed by atoms with E-state index in [0.717, 1.165) is 25.7 Å². The van der Waals surface area contributed by atoms with Crippen molar-refractivity contribution in [2.24, 2.45) is 46.3 Å². The van der Waals surface area contributed by atoms with Crippen LogP contribution >= 0.6 is 0 Å². The van der Waals surface area contributed by atoms with Crippen molar-refractivity contribution in [2.75, 3.05) is 7.11 Å². The first-order valence-corrected chi connectivity index (χ1v) is 13.8. The average molecular weight is 483 g/mol. The number of aliphatic hydroxyl groups excluding tert-OH is 4. The molecule has 0 aliphatic heterocycles. The van der Waals surface area contributed by atoms with Gasteiger partial charge >= 0.3 is 0 Å². The molecule has 198 valence electrons. The summed E-state index contributed by atoms with van der Waals surface area (Å²) in [6.07, 6.45) is 2.75. The van der Waals surface area contributed by atoms with Crippen LogP contribution in [-0.4, -0.2) is 68.8 Å². The zero-order valence-corrected chi connectivity index (χ0v) is 22.2. The van der Waals surface area contributed by atoms with Crippen molar-refractivity contribution >= 4 is 0 Å². The van der Waals surface area contributed by atoms with Crippen LogP contribution in [0.2, 0.25) is 0 Å². The zero-order valence-electron chi connectivity index (χ0n) is 22.2. The van der Waals surface area contributed by atoms with Crippen LogP contribution in [0.5, 0.6) is 0 Å². The number of aliphatic hydroxyl groups is 5. The van der Waals surface area contributed by atoms with E-state index in [2.05, 4.69) is 34.6 Å². The fourth-order valence-corrected chi connectivity index (χ4v) is 9.87. The third-order valence-corrected chi connectivity index (χ3v) is 11.4. The van der Waals surface area contributed by atoms with Gasteiger partial charge in [-0.3, -0.25) is 0 Å². The number of fused-ring (bicyclic) bond motifs is 5. The van der Waals surface area contributed by atoms with Gasteiger partial charge in [-0.25, -0.2) is 0 Å². The molecule has 6 heteroatoms. The number of methoxy groups -OCH3 is 1. The lowest BCUT2D eigenvalue weighted by atomic mass is 9.41. The highest BCUT2D eigenvalue weighted by molar-refractivity contribution is 5.20. The van der Waals surface area contributed by atoms with Crippen LogP contribution in [0.4, 0.5) is 0 Å². The van der Waals surface area contributed by atoms with E-state index in [9.17, 15) is 25.5 Å². The van der Waals surface area contributed by atoms with E-state index in [-0.39, 0.29) is 29.8 Å². The predicted molar refractivity (Wildman–Crippen MR) is 131 cm³/mol. The Balaban J connectivity index is 1.60. The van der Waals surface area contributed by atoms with Crippen LogP contribution in [-0.2, 0) is 4.74 Å². The van der Waals surface area contributed by atoms with Crippen molar-refractivity contribution in [2.45, 2.75) is 122 Å². The fraction of sp³-hybridized carbons (Fsp3) is 1.00. The third kappa shape index (κ3) is 3.90. The number of hydrogen-bond acceptors (Lipinski definition) is 6. The zero-order chi connectivity index (χ0) is 25.2. The van der Waals surface area contributed by atoms with Crippen LogP contribution in [0, 0.1) is 46.3 Å². The minimum Gasteiger partial charge on any atom is -0.393 e. The lowest BCUT2D eigenvalue weighted by molar-refractivity contribution is -0.280. The minimum atomic E-state index is -1.17. The summed E-state index contributed by atoms with van der Waals surface area (Å²) in [7, 11) is 1.78. The van der Waals surface area contributed by atoms with Crippen molar-refractivity contribution < 1.29 is 30.3 Å². The summed E-state index contributed by atoms with van der Waals surface area (Å²) in [6.45, 7) is 11.0. The first-order chi connectivity index (χ1) is 15.8. The second-order valence-electron chi connectivity index (χ2n) is 13.4. The molecule has 2 unspecified atom stereocenters. The normalized spacial score (nSPS) is 52.6. The quantitative estimate of drug-likeness (QED) is 0.398. The Labute approximate surface area is 206 Å². The third-order valence-electron chi connectivity index (χ3n) is 11.4. The Morgan fingerprint density at radius 2 is 1.53 bits per heavy atom. The second-order valence-corrected chi connectivity index (χ2v) is 13.4. The molecule has 0 saturated heterocycles. The molecule has 4 saturated carbocycles. The van der Waals surface area contributed by atoms with E-state index in [1.54, 1.807) is 7.11 Å². The summed E-state index contributed by atoms with van der Waals surface area (Å²) < 4.78 is 5.70. The Morgan fingerprint density at radius 3 is 2.15 bits per heavy atom. The molecular formula is C28H50O6. The lowest BCUT2D eigenvalue weighted by Crippen LogP contribution is -2.70. The van der Waals surface area contributed by atoms with Crippen LogP contribution in [0.1, 0.15) is 86.0 Å². The maximum absolute atomic E-state index is 12.4. The highest BCUT2D eigenvalue weighted by atomic mass is 16.5. The van der Waals surface area contributed by atoms with E-state index in [1.807, 2.05) is 0 Å². The molecule has 0 bridgehead atoms. The number of ether oxygens (including phenoxy) is 1. The molecular weight excluding hydrogens is 432 g/mol. The van der Waals surface area contributed by atoms with Gasteiger partial charge in [0.05, 0.1) is 36.1 Å². The second kappa shape index (κ2) is 9.25. The molecule has 4 fully saturated rings. The maximum Gasteiger partial charge on any atom is 0.0857 e. The van der Waals surface area contributed by atoms with E-state index in [4.69, 9.17) is 4.74 Å². The highest BCUT2D eigenvalue weighted by Crippen LogP contribution is 2.69. The topological polar surface area (TPSA) is 110 Å². The molecule has 0 aromatic carbocycles. The fourth-order valence-electron chi connectivity index (χ4n) is 9.87. The van der Waals surface area contributed by atoms with Gasteiger partial charge in [-0.2, -0.15) is 0 Å². The molecule has 0 aromatic rings. The summed E-state index contributed by atoms with van der Waals surface area (Å²) in [5.41, 5.74) is -1.82. The molecule has 0 spiro atoms. The monoisotopic (exact) mass is 482 g/mol. The van der Waals surface area contributed by atoms with Gasteiger partial charge in [0.15, 0.2) is 0 Å². The molecule has 6 nitrogen and oxygen atoms in total. The van der Waals surface area contributed by atoms with Crippen molar-refractivity contribution in [3.8, 4) is 0 Å². The van der Waals surface area contributed by atoms with Gasteiger partial charge in [0.2, 0.25) is 0 Å². The van der Waals surface area contributed by atoms with Gasteiger partial charge in [0, 0.05) is 25.4 Å². The summed E-state index contributed by atoms with van der Waals surface area (Å²) in [5, 5.41) is 56.1. The highest BCUT2D eigenvalue weighted by Gasteiger charge is 2.71. The Hall–Kier alpha value is -0.240. The molecule has 34 heavy (non-hydrogen) atoms. The first kappa shape index (κ1) is 26.8. The SMILES string of the molecule is CO[C@@H](CC[C@@H](C)[C@H]1C[C@@H](O)C2[C@]1(C)CC[C@@H]1[C@@]3(C)CC[C@H](O)[C@H](O)C3[C@@H](O)C[C@@]21O)C(C)C. The largest absolute Gasteiger partial charge is 0.393 e. The summed E-state index contributed by atoms with van der Waals surface area (Å²) in [4.78, 5) is 0. The average Bonchev–Trinajstić information content (AvgIpc) is 3.02. The standard InChI is InChI=1S/C28H50O6/c1-15(2)21(34-6)8-7-16(3)17-13-19(30)25-26(17,4)12-10-22-27(5)11-9-18(29)24(32)23(27)20(31)14-28(22,25)33/h15-25,29-33H,7-14H2,1-6H3/t16-,17-,18+,19-,20+,21+,22-,23?,24+,25?,26-,27-,28+/m1/s1. The van der Waals surface area contributed by atoms with Crippen LogP contribution in [0.25, 0.3) is 0 Å². The van der Waals surface area contributed by atoms with Gasteiger partial charge in [-0.05, 0) is 79.4 Å². The number of rotatable bonds is 6. The molecule has 4 aliphatic carbocycles.